The molecule has 0 spiro atoms. The van der Waals surface area contributed by atoms with Crippen LogP contribution in [0, 0.1) is 17.8 Å². The summed E-state index contributed by atoms with van der Waals surface area (Å²) < 4.78 is 5.28. The summed E-state index contributed by atoms with van der Waals surface area (Å²) in [7, 11) is 1.63. The van der Waals surface area contributed by atoms with E-state index in [9.17, 15) is 14.4 Å². The first-order valence-corrected chi connectivity index (χ1v) is 12.1. The van der Waals surface area contributed by atoms with Gasteiger partial charge in [-0.15, -0.1) is 11.3 Å². The molecule has 3 atom stereocenters. The number of ether oxygens (including phenoxy) is 1. The second kappa shape index (κ2) is 9.87. The van der Waals surface area contributed by atoms with E-state index in [2.05, 4.69) is 10.3 Å². The Labute approximate surface area is 197 Å². The molecule has 1 aliphatic carbocycles. The number of hydrogen-bond acceptors (Lipinski definition) is 6. The fraction of sp³-hybridized carbons (Fsp3) is 0.440. The summed E-state index contributed by atoms with van der Waals surface area (Å²) >= 11 is 1.39. The van der Waals surface area contributed by atoms with Crippen molar-refractivity contribution < 1.29 is 19.1 Å². The number of fused-ring (bicyclic) bond motifs is 1. The summed E-state index contributed by atoms with van der Waals surface area (Å²) in [5.74, 6) is -0.585. The maximum Gasteiger partial charge on any atom is 0.249 e. The van der Waals surface area contributed by atoms with Gasteiger partial charge in [0.2, 0.25) is 17.7 Å². The number of methoxy groups -OCH3 is 1. The van der Waals surface area contributed by atoms with Crippen LogP contribution in [0.2, 0.25) is 0 Å². The highest BCUT2D eigenvalue weighted by atomic mass is 32.1. The van der Waals surface area contributed by atoms with Gasteiger partial charge in [-0.1, -0.05) is 38.1 Å². The molecule has 1 aromatic carbocycles. The zero-order chi connectivity index (χ0) is 23.5. The fourth-order valence-electron chi connectivity index (χ4n) is 4.53. The number of likely N-dealkylation sites (tertiary alicyclic amines) is 1. The lowest BCUT2D eigenvalue weighted by Crippen LogP contribution is -2.48. The number of hydrogen-bond donors (Lipinski definition) is 1. The first-order valence-electron chi connectivity index (χ1n) is 11.3. The standard InChI is InChI=1S/C25H29N3O4S/c1-15(2)11-21(28-23(30)19-9-4-5-10-20(19)24(28)31)22(29)27-25-26-14-18(33-25)13-16-7-6-8-17(12-16)32-3/h4-8,12,14-15,19-21H,9-11,13H2,1-3H3,(H,26,27,29). The lowest BCUT2D eigenvalue weighted by Gasteiger charge is -2.27. The van der Waals surface area contributed by atoms with Crippen molar-refractivity contribution in [1.82, 2.24) is 9.88 Å². The van der Waals surface area contributed by atoms with Gasteiger partial charge in [0.15, 0.2) is 5.13 Å². The van der Waals surface area contributed by atoms with Crippen molar-refractivity contribution in [3.8, 4) is 5.75 Å². The molecule has 0 radical (unpaired) electrons. The van der Waals surface area contributed by atoms with E-state index in [-0.39, 0.29) is 35.5 Å². The molecule has 1 aromatic heterocycles. The van der Waals surface area contributed by atoms with Crippen molar-refractivity contribution in [1.29, 1.82) is 0 Å². The van der Waals surface area contributed by atoms with Crippen LogP contribution in [0.3, 0.4) is 0 Å². The maximum atomic E-state index is 13.3. The molecule has 2 aliphatic rings. The Morgan fingerprint density at radius 2 is 1.91 bits per heavy atom. The molecule has 0 saturated carbocycles. The van der Waals surface area contributed by atoms with Gasteiger partial charge >= 0.3 is 0 Å². The van der Waals surface area contributed by atoms with Crippen LogP contribution < -0.4 is 10.1 Å². The van der Waals surface area contributed by atoms with E-state index in [1.165, 1.54) is 16.2 Å². The summed E-state index contributed by atoms with van der Waals surface area (Å²) in [6.07, 6.45) is 7.84. The molecule has 0 bridgehead atoms. The third-order valence-corrected chi connectivity index (χ3v) is 7.06. The summed E-state index contributed by atoms with van der Waals surface area (Å²) in [6.45, 7) is 3.96. The lowest BCUT2D eigenvalue weighted by molar-refractivity contribution is -0.147. The SMILES string of the molecule is COc1cccc(Cc2cnc(NC(=O)C(CC(C)C)N3C(=O)C4CC=CCC4C3=O)s2)c1. The molecule has 174 valence electrons. The molecule has 3 amide bonds. The van der Waals surface area contributed by atoms with Crippen LogP contribution in [0.4, 0.5) is 5.13 Å². The zero-order valence-corrected chi connectivity index (χ0v) is 19.9. The van der Waals surface area contributed by atoms with Crippen LogP contribution in [0.15, 0.2) is 42.6 Å². The Balaban J connectivity index is 1.48. The number of imide groups is 1. The molecular weight excluding hydrogens is 438 g/mol. The third-order valence-electron chi connectivity index (χ3n) is 6.15. The van der Waals surface area contributed by atoms with E-state index in [0.717, 1.165) is 16.2 Å². The van der Waals surface area contributed by atoms with Crippen LogP contribution in [0.5, 0.6) is 5.75 Å². The number of allylic oxidation sites excluding steroid dienone is 2. The number of carbonyl (C=O) groups excluding carboxylic acids is 3. The second-order valence-corrected chi connectivity index (χ2v) is 10.1. The number of amides is 3. The van der Waals surface area contributed by atoms with Crippen molar-refractivity contribution in [3.63, 3.8) is 0 Å². The van der Waals surface area contributed by atoms with Crippen LogP contribution in [-0.4, -0.2) is 40.8 Å². The molecule has 1 N–H and O–H groups in total. The largest absolute Gasteiger partial charge is 0.497 e. The lowest BCUT2D eigenvalue weighted by atomic mass is 9.85. The number of anilines is 1. The first-order chi connectivity index (χ1) is 15.9. The highest BCUT2D eigenvalue weighted by Crippen LogP contribution is 2.37. The molecule has 1 saturated heterocycles. The predicted octanol–water partition coefficient (Wildman–Crippen LogP) is 4.05. The van der Waals surface area contributed by atoms with Crippen molar-refractivity contribution in [2.75, 3.05) is 12.4 Å². The van der Waals surface area contributed by atoms with E-state index >= 15 is 0 Å². The monoisotopic (exact) mass is 467 g/mol. The van der Waals surface area contributed by atoms with Crippen molar-refractivity contribution in [3.05, 3.63) is 53.1 Å². The normalized spacial score (nSPS) is 20.8. The zero-order valence-electron chi connectivity index (χ0n) is 19.1. The van der Waals surface area contributed by atoms with Crippen LogP contribution in [0.1, 0.15) is 43.6 Å². The summed E-state index contributed by atoms with van der Waals surface area (Å²) in [4.78, 5) is 45.9. The van der Waals surface area contributed by atoms with Crippen molar-refractivity contribution in [2.45, 2.75) is 45.6 Å². The number of rotatable bonds is 8. The van der Waals surface area contributed by atoms with Crippen molar-refractivity contribution >= 4 is 34.2 Å². The molecule has 2 heterocycles. The van der Waals surface area contributed by atoms with Crippen molar-refractivity contribution in [2.24, 2.45) is 17.8 Å². The predicted molar refractivity (Wildman–Crippen MR) is 127 cm³/mol. The minimum Gasteiger partial charge on any atom is -0.497 e. The Morgan fingerprint density at radius 1 is 1.21 bits per heavy atom. The highest BCUT2D eigenvalue weighted by molar-refractivity contribution is 7.15. The number of carbonyl (C=O) groups is 3. The topological polar surface area (TPSA) is 88.6 Å². The molecule has 8 heteroatoms. The molecule has 7 nitrogen and oxygen atoms in total. The number of aromatic nitrogens is 1. The minimum atomic E-state index is -0.832. The highest BCUT2D eigenvalue weighted by Gasteiger charge is 2.51. The smallest absolute Gasteiger partial charge is 0.249 e. The second-order valence-electron chi connectivity index (χ2n) is 9.00. The Morgan fingerprint density at radius 3 is 2.55 bits per heavy atom. The van der Waals surface area contributed by atoms with E-state index < -0.39 is 6.04 Å². The van der Waals surface area contributed by atoms with Gasteiger partial charge < -0.3 is 10.1 Å². The van der Waals surface area contributed by atoms with Crippen LogP contribution >= 0.6 is 11.3 Å². The van der Waals surface area contributed by atoms with Gasteiger partial charge in [0.1, 0.15) is 11.8 Å². The first kappa shape index (κ1) is 23.2. The van der Waals surface area contributed by atoms with Crippen LogP contribution in [-0.2, 0) is 20.8 Å². The van der Waals surface area contributed by atoms with Gasteiger partial charge in [-0.3, -0.25) is 19.3 Å². The molecular formula is C25H29N3O4S. The molecule has 3 unspecified atom stereocenters. The molecule has 4 rings (SSSR count). The fourth-order valence-corrected chi connectivity index (χ4v) is 5.38. The van der Waals surface area contributed by atoms with E-state index in [1.54, 1.807) is 13.3 Å². The van der Waals surface area contributed by atoms with Gasteiger partial charge in [0.25, 0.3) is 0 Å². The summed E-state index contributed by atoms with van der Waals surface area (Å²) in [5.41, 5.74) is 1.08. The number of benzene rings is 1. The third kappa shape index (κ3) is 5.00. The van der Waals surface area contributed by atoms with Gasteiger partial charge in [-0.05, 0) is 42.9 Å². The van der Waals surface area contributed by atoms with Gasteiger partial charge in [-0.2, -0.15) is 0 Å². The van der Waals surface area contributed by atoms with Crippen LogP contribution in [0.25, 0.3) is 0 Å². The van der Waals surface area contributed by atoms with Gasteiger partial charge in [0.05, 0.1) is 18.9 Å². The Hall–Kier alpha value is -3.00. The average molecular weight is 468 g/mol. The van der Waals surface area contributed by atoms with Gasteiger partial charge in [-0.25, -0.2) is 4.98 Å². The Bertz CT molecular complexity index is 1050. The summed E-state index contributed by atoms with van der Waals surface area (Å²) in [5, 5.41) is 3.32. The number of thiazole rings is 1. The molecule has 1 aliphatic heterocycles. The average Bonchev–Trinajstić information content (AvgIpc) is 3.34. The van der Waals surface area contributed by atoms with E-state index in [4.69, 9.17) is 4.74 Å². The number of nitrogens with one attached hydrogen (secondary N) is 1. The molecule has 1 fully saturated rings. The number of nitrogens with zero attached hydrogens (tertiary/aromatic N) is 2. The molecule has 2 aromatic rings. The van der Waals surface area contributed by atoms with E-state index in [0.29, 0.717) is 30.8 Å². The maximum absolute atomic E-state index is 13.3. The summed E-state index contributed by atoms with van der Waals surface area (Å²) in [6, 6.07) is 6.98. The Kier molecular flexibility index (Phi) is 6.93. The van der Waals surface area contributed by atoms with Gasteiger partial charge in [0, 0.05) is 17.5 Å². The quantitative estimate of drug-likeness (QED) is 0.467. The van der Waals surface area contributed by atoms with E-state index in [1.807, 2.05) is 50.3 Å². The molecule has 33 heavy (non-hydrogen) atoms. The minimum absolute atomic E-state index is 0.141.